The van der Waals surface area contributed by atoms with Crippen LogP contribution >= 0.6 is 0 Å². The smallest absolute Gasteiger partial charge is 0.243 e. The maximum absolute atomic E-state index is 12.8. The van der Waals surface area contributed by atoms with Gasteiger partial charge < -0.3 is 20.1 Å². The molecular weight excluding hydrogens is 316 g/mol. The van der Waals surface area contributed by atoms with Gasteiger partial charge in [-0.15, -0.1) is 0 Å². The van der Waals surface area contributed by atoms with Crippen molar-refractivity contribution in [2.45, 2.75) is 52.2 Å². The number of carbonyl (C=O) groups excluding carboxylic acids is 1. The van der Waals surface area contributed by atoms with Gasteiger partial charge in [-0.2, -0.15) is 0 Å². The quantitative estimate of drug-likeness (QED) is 0.734. The third kappa shape index (κ3) is 3.82. The molecule has 0 saturated heterocycles. The van der Waals surface area contributed by atoms with E-state index in [0.717, 1.165) is 17.7 Å². The highest BCUT2D eigenvalue weighted by Crippen LogP contribution is 2.50. The Morgan fingerprint density at radius 2 is 2.04 bits per heavy atom. The Kier molecular flexibility index (Phi) is 6.12. The van der Waals surface area contributed by atoms with Crippen molar-refractivity contribution in [3.63, 3.8) is 0 Å². The summed E-state index contributed by atoms with van der Waals surface area (Å²) < 4.78 is 11.5. The van der Waals surface area contributed by atoms with Gasteiger partial charge in [0.2, 0.25) is 5.91 Å². The van der Waals surface area contributed by atoms with Gasteiger partial charge in [-0.05, 0) is 31.9 Å². The lowest BCUT2D eigenvalue weighted by Gasteiger charge is -2.58. The van der Waals surface area contributed by atoms with E-state index in [9.17, 15) is 4.79 Å². The van der Waals surface area contributed by atoms with E-state index in [4.69, 9.17) is 15.2 Å². The molecule has 0 bridgehead atoms. The fourth-order valence-corrected chi connectivity index (χ4v) is 3.44. The van der Waals surface area contributed by atoms with Gasteiger partial charge in [0.1, 0.15) is 11.3 Å². The Balaban J connectivity index is 1.82. The summed E-state index contributed by atoms with van der Waals surface area (Å²) in [7, 11) is 1.81. The number of likely N-dealkylation sites (N-methyl/N-ethyl adjacent to an activating group) is 1. The van der Waals surface area contributed by atoms with E-state index < -0.39 is 5.54 Å². The average Bonchev–Trinajstić information content (AvgIpc) is 2.58. The zero-order valence-electron chi connectivity index (χ0n) is 16.2. The molecular formula is C20H32N2O3. The third-order valence-corrected chi connectivity index (χ3v) is 5.55. The molecule has 1 saturated carbocycles. The largest absolute Gasteiger partial charge is 0.493 e. The predicted molar refractivity (Wildman–Crippen MR) is 99.7 cm³/mol. The molecule has 5 nitrogen and oxygen atoms in total. The zero-order chi connectivity index (χ0) is 18.7. The van der Waals surface area contributed by atoms with Gasteiger partial charge in [0.05, 0.1) is 12.7 Å². The molecule has 2 N–H and O–H groups in total. The van der Waals surface area contributed by atoms with Crippen molar-refractivity contribution >= 4 is 5.91 Å². The molecule has 2 rings (SSSR count). The number of carbonyl (C=O) groups is 1. The minimum absolute atomic E-state index is 0.00987. The molecule has 25 heavy (non-hydrogen) atoms. The van der Waals surface area contributed by atoms with Crippen molar-refractivity contribution in [1.82, 2.24) is 4.90 Å². The molecule has 0 radical (unpaired) electrons. The van der Waals surface area contributed by atoms with Gasteiger partial charge in [-0.25, -0.2) is 0 Å². The first kappa shape index (κ1) is 19.7. The van der Waals surface area contributed by atoms with E-state index in [-0.39, 0.29) is 17.4 Å². The van der Waals surface area contributed by atoms with E-state index in [2.05, 4.69) is 0 Å². The predicted octanol–water partition coefficient (Wildman–Crippen LogP) is 2.75. The number of nitrogens with zero attached hydrogens (tertiary/aromatic N) is 1. The molecule has 0 heterocycles. The molecule has 2 unspecified atom stereocenters. The van der Waals surface area contributed by atoms with E-state index in [1.165, 1.54) is 0 Å². The van der Waals surface area contributed by atoms with E-state index in [1.807, 2.05) is 59.0 Å². The average molecular weight is 348 g/mol. The molecule has 140 valence electrons. The van der Waals surface area contributed by atoms with Crippen LogP contribution in [0.15, 0.2) is 24.3 Å². The van der Waals surface area contributed by atoms with Gasteiger partial charge in [0.15, 0.2) is 0 Å². The van der Waals surface area contributed by atoms with Crippen LogP contribution in [0.25, 0.3) is 0 Å². The van der Waals surface area contributed by atoms with Crippen molar-refractivity contribution in [2.24, 2.45) is 11.1 Å². The van der Waals surface area contributed by atoms with Gasteiger partial charge in [0.25, 0.3) is 0 Å². The standard InChI is InChI=1S/C20H32N2O3/c1-6-24-17-14-20(21,19(17,3)4)18(23)22(5)12-9-13-25-16-11-8-7-10-15(16)2/h7-8,10-11,17H,6,9,12-14,21H2,1-5H3. The van der Waals surface area contributed by atoms with Crippen molar-refractivity contribution in [2.75, 3.05) is 26.8 Å². The number of amides is 1. The lowest BCUT2D eigenvalue weighted by molar-refractivity contribution is -0.178. The van der Waals surface area contributed by atoms with Crippen LogP contribution in [0, 0.1) is 12.3 Å². The lowest BCUT2D eigenvalue weighted by atomic mass is 9.54. The second-order valence-electron chi connectivity index (χ2n) is 7.54. The SMILES string of the molecule is CCOC1CC(N)(C(=O)N(C)CCCOc2ccccc2C)C1(C)C. The molecule has 5 heteroatoms. The summed E-state index contributed by atoms with van der Waals surface area (Å²) >= 11 is 0. The molecule has 0 aliphatic heterocycles. The van der Waals surface area contributed by atoms with Crippen LogP contribution in [0.3, 0.4) is 0 Å². The summed E-state index contributed by atoms with van der Waals surface area (Å²) in [5, 5.41) is 0. The van der Waals surface area contributed by atoms with E-state index >= 15 is 0 Å². The van der Waals surface area contributed by atoms with Crippen molar-refractivity contribution in [3.8, 4) is 5.75 Å². The number of ether oxygens (including phenoxy) is 2. The molecule has 1 fully saturated rings. The molecule has 1 aromatic carbocycles. The first-order chi connectivity index (χ1) is 11.7. The van der Waals surface area contributed by atoms with Gasteiger partial charge in [-0.1, -0.05) is 32.0 Å². The molecule has 0 aromatic heterocycles. The number of rotatable bonds is 8. The van der Waals surface area contributed by atoms with Gasteiger partial charge >= 0.3 is 0 Å². The second-order valence-corrected chi connectivity index (χ2v) is 7.54. The van der Waals surface area contributed by atoms with Crippen molar-refractivity contribution in [3.05, 3.63) is 29.8 Å². The normalized spacial score (nSPS) is 24.5. The molecule has 1 aliphatic rings. The van der Waals surface area contributed by atoms with Crippen LogP contribution in [-0.4, -0.2) is 49.3 Å². The fraction of sp³-hybridized carbons (Fsp3) is 0.650. The minimum Gasteiger partial charge on any atom is -0.493 e. The summed E-state index contributed by atoms with van der Waals surface area (Å²) in [6, 6.07) is 7.94. The van der Waals surface area contributed by atoms with Crippen LogP contribution in [0.2, 0.25) is 0 Å². The number of para-hydroxylation sites is 1. The van der Waals surface area contributed by atoms with Crippen LogP contribution in [0.1, 0.15) is 39.2 Å². The van der Waals surface area contributed by atoms with Crippen LogP contribution in [-0.2, 0) is 9.53 Å². The van der Waals surface area contributed by atoms with E-state index in [0.29, 0.717) is 26.2 Å². The fourth-order valence-electron chi connectivity index (χ4n) is 3.44. The monoisotopic (exact) mass is 348 g/mol. The molecule has 1 aromatic rings. The first-order valence-corrected chi connectivity index (χ1v) is 9.08. The van der Waals surface area contributed by atoms with Crippen LogP contribution in [0.4, 0.5) is 0 Å². The first-order valence-electron chi connectivity index (χ1n) is 9.08. The number of nitrogens with two attached hydrogens (primary N) is 1. The summed E-state index contributed by atoms with van der Waals surface area (Å²) in [4.78, 5) is 14.6. The lowest BCUT2D eigenvalue weighted by Crippen LogP contribution is -2.75. The highest BCUT2D eigenvalue weighted by atomic mass is 16.5. The van der Waals surface area contributed by atoms with Gasteiger partial charge in [0, 0.05) is 32.0 Å². The summed E-state index contributed by atoms with van der Waals surface area (Å²) in [6.07, 6.45) is 1.39. The highest BCUT2D eigenvalue weighted by molar-refractivity contribution is 5.88. The highest BCUT2D eigenvalue weighted by Gasteiger charge is 2.63. The summed E-state index contributed by atoms with van der Waals surface area (Å²) in [5.74, 6) is 0.885. The van der Waals surface area contributed by atoms with Crippen molar-refractivity contribution < 1.29 is 14.3 Å². The van der Waals surface area contributed by atoms with Gasteiger partial charge in [-0.3, -0.25) is 4.79 Å². The minimum atomic E-state index is -0.849. The summed E-state index contributed by atoms with van der Waals surface area (Å²) in [6.45, 7) is 9.87. The molecule has 2 atom stereocenters. The van der Waals surface area contributed by atoms with Crippen LogP contribution < -0.4 is 10.5 Å². The Hall–Kier alpha value is -1.59. The number of hydrogen-bond donors (Lipinski definition) is 1. The maximum atomic E-state index is 12.8. The Morgan fingerprint density at radius 1 is 1.36 bits per heavy atom. The summed E-state index contributed by atoms with van der Waals surface area (Å²) in [5.41, 5.74) is 6.37. The molecule has 1 aliphatic carbocycles. The topological polar surface area (TPSA) is 64.8 Å². The number of aryl methyl sites for hydroxylation is 1. The molecule has 0 spiro atoms. The van der Waals surface area contributed by atoms with E-state index in [1.54, 1.807) is 4.90 Å². The van der Waals surface area contributed by atoms with Crippen LogP contribution in [0.5, 0.6) is 5.75 Å². The number of hydrogen-bond acceptors (Lipinski definition) is 4. The Bertz CT molecular complexity index is 602. The maximum Gasteiger partial charge on any atom is 0.243 e. The zero-order valence-corrected chi connectivity index (χ0v) is 16.2. The Labute approximate surface area is 151 Å². The molecule has 1 amide bonds. The number of benzene rings is 1. The third-order valence-electron chi connectivity index (χ3n) is 5.55. The van der Waals surface area contributed by atoms with Crippen molar-refractivity contribution in [1.29, 1.82) is 0 Å². The Morgan fingerprint density at radius 3 is 2.64 bits per heavy atom. The second kappa shape index (κ2) is 7.75.